The van der Waals surface area contributed by atoms with Crippen LogP contribution in [-0.4, -0.2) is 28.0 Å². The first-order valence-corrected chi connectivity index (χ1v) is 10.8. The molecule has 1 atom stereocenters. The quantitative estimate of drug-likeness (QED) is 0.526. The summed E-state index contributed by atoms with van der Waals surface area (Å²) in [7, 11) is 0. The van der Waals surface area contributed by atoms with Gasteiger partial charge in [0.15, 0.2) is 0 Å². The number of aromatic nitrogens is 2. The van der Waals surface area contributed by atoms with Crippen molar-refractivity contribution in [3.05, 3.63) is 63.8 Å². The number of benzene rings is 1. The van der Waals surface area contributed by atoms with Gasteiger partial charge in [0.25, 0.3) is 0 Å². The van der Waals surface area contributed by atoms with Crippen LogP contribution in [0.1, 0.15) is 47.8 Å². The maximum absolute atomic E-state index is 14.8. The van der Waals surface area contributed by atoms with Crippen LogP contribution in [-0.2, 0) is 0 Å². The van der Waals surface area contributed by atoms with Crippen LogP contribution in [0, 0.1) is 26.6 Å². The summed E-state index contributed by atoms with van der Waals surface area (Å²) in [5.41, 5.74) is 4.71. The lowest BCUT2D eigenvalue weighted by molar-refractivity contribution is 0.259. The summed E-state index contributed by atoms with van der Waals surface area (Å²) in [5, 5.41) is 0.961. The molecule has 29 heavy (non-hydrogen) atoms. The number of nitrogens with zero attached hydrogens (tertiary/aromatic N) is 3. The summed E-state index contributed by atoms with van der Waals surface area (Å²) in [6, 6.07) is 7.38. The third-order valence-electron chi connectivity index (χ3n) is 5.30. The number of fused-ring (bicyclic) bond motifs is 1. The molecule has 1 aliphatic rings. The summed E-state index contributed by atoms with van der Waals surface area (Å²) in [4.78, 5) is 11.1. The Morgan fingerprint density at radius 2 is 1.90 bits per heavy atom. The van der Waals surface area contributed by atoms with E-state index in [1.54, 1.807) is 6.07 Å². The maximum atomic E-state index is 14.8. The van der Waals surface area contributed by atoms with E-state index in [-0.39, 0.29) is 11.9 Å². The van der Waals surface area contributed by atoms with Gasteiger partial charge in [0.2, 0.25) is 0 Å². The monoisotopic (exact) mass is 411 g/mol. The Bertz CT molecular complexity index is 1060. The van der Waals surface area contributed by atoms with Crippen LogP contribution in [0.15, 0.2) is 36.0 Å². The second-order valence-corrected chi connectivity index (χ2v) is 8.99. The molecular formula is C23H26FN3OS. The van der Waals surface area contributed by atoms with E-state index >= 15 is 0 Å². The van der Waals surface area contributed by atoms with E-state index in [1.807, 2.05) is 39.0 Å². The standard InChI is InChI=1S/C23H26FN3OS/c1-14-8-19(9-15(2)25-14)28-13-18-6-5-7-27(12-18)16(3)20-10-22-23(11-21(20)24)29-17(4)26-22/h8-12,16H,5-7,13H2,1-4H3. The second-order valence-electron chi connectivity index (χ2n) is 7.75. The average Bonchev–Trinajstić information content (AvgIpc) is 3.03. The van der Waals surface area contributed by atoms with Crippen molar-refractivity contribution < 1.29 is 9.13 Å². The molecule has 3 heterocycles. The molecule has 3 aromatic rings. The lowest BCUT2D eigenvalue weighted by Crippen LogP contribution is -2.27. The Morgan fingerprint density at radius 1 is 1.14 bits per heavy atom. The average molecular weight is 412 g/mol. The lowest BCUT2D eigenvalue weighted by Gasteiger charge is -2.33. The van der Waals surface area contributed by atoms with E-state index in [0.717, 1.165) is 51.7 Å². The minimum Gasteiger partial charge on any atom is -0.489 e. The summed E-state index contributed by atoms with van der Waals surface area (Å²) in [5.74, 6) is 0.685. The van der Waals surface area contributed by atoms with Gasteiger partial charge < -0.3 is 9.64 Å². The van der Waals surface area contributed by atoms with Crippen LogP contribution >= 0.6 is 11.3 Å². The first-order chi connectivity index (χ1) is 13.9. The molecule has 152 valence electrons. The van der Waals surface area contributed by atoms with E-state index in [2.05, 4.69) is 28.0 Å². The van der Waals surface area contributed by atoms with Gasteiger partial charge in [-0.3, -0.25) is 4.98 Å². The van der Waals surface area contributed by atoms with E-state index in [1.165, 1.54) is 16.9 Å². The highest BCUT2D eigenvalue weighted by molar-refractivity contribution is 7.18. The third-order valence-corrected chi connectivity index (χ3v) is 6.24. The number of halogens is 1. The molecule has 4 nitrogen and oxygen atoms in total. The minimum absolute atomic E-state index is 0.0536. The molecule has 0 saturated heterocycles. The summed E-state index contributed by atoms with van der Waals surface area (Å²) in [6.07, 6.45) is 4.18. The Labute approximate surface area is 175 Å². The third kappa shape index (κ3) is 4.42. The van der Waals surface area contributed by atoms with Crippen LogP contribution in [0.3, 0.4) is 0 Å². The summed E-state index contributed by atoms with van der Waals surface area (Å²) in [6.45, 7) is 9.40. The topological polar surface area (TPSA) is 38.2 Å². The summed E-state index contributed by atoms with van der Waals surface area (Å²) >= 11 is 1.53. The number of ether oxygens (including phenoxy) is 1. The largest absolute Gasteiger partial charge is 0.489 e. The van der Waals surface area contributed by atoms with Crippen LogP contribution in [0.5, 0.6) is 5.75 Å². The van der Waals surface area contributed by atoms with E-state index in [0.29, 0.717) is 12.2 Å². The second kappa shape index (κ2) is 8.11. The fourth-order valence-corrected chi connectivity index (χ4v) is 4.74. The number of thiazole rings is 1. The van der Waals surface area contributed by atoms with Gasteiger partial charge in [0.1, 0.15) is 18.2 Å². The van der Waals surface area contributed by atoms with Crippen molar-refractivity contribution >= 4 is 21.6 Å². The zero-order chi connectivity index (χ0) is 20.5. The highest BCUT2D eigenvalue weighted by atomic mass is 32.1. The molecule has 0 fully saturated rings. The van der Waals surface area contributed by atoms with Crippen molar-refractivity contribution in [3.63, 3.8) is 0 Å². The van der Waals surface area contributed by atoms with Crippen molar-refractivity contribution in [1.82, 2.24) is 14.9 Å². The van der Waals surface area contributed by atoms with Crippen LogP contribution < -0.4 is 4.74 Å². The number of hydrogen-bond donors (Lipinski definition) is 0. The van der Waals surface area contributed by atoms with Gasteiger partial charge in [-0.2, -0.15) is 0 Å². The molecule has 4 rings (SSSR count). The molecule has 0 amide bonds. The molecule has 1 unspecified atom stereocenters. The zero-order valence-electron chi connectivity index (χ0n) is 17.3. The Balaban J connectivity index is 1.51. The fraction of sp³-hybridized carbons (Fsp3) is 0.391. The van der Waals surface area contributed by atoms with Crippen LogP contribution in [0.4, 0.5) is 4.39 Å². The number of pyridine rings is 1. The molecule has 6 heteroatoms. The van der Waals surface area contributed by atoms with Gasteiger partial charge in [-0.15, -0.1) is 11.3 Å². The van der Waals surface area contributed by atoms with Gasteiger partial charge >= 0.3 is 0 Å². The molecule has 0 spiro atoms. The molecule has 0 N–H and O–H groups in total. The lowest BCUT2D eigenvalue weighted by atomic mass is 10.0. The molecule has 0 radical (unpaired) electrons. The summed E-state index contributed by atoms with van der Waals surface area (Å²) < 4.78 is 21.7. The highest BCUT2D eigenvalue weighted by Crippen LogP contribution is 2.32. The van der Waals surface area contributed by atoms with E-state index in [4.69, 9.17) is 4.74 Å². The Morgan fingerprint density at radius 3 is 2.66 bits per heavy atom. The molecule has 0 aliphatic carbocycles. The SMILES string of the molecule is Cc1cc(OCC2=CN(C(C)c3cc4nc(C)sc4cc3F)CCC2)cc(C)n1. The fourth-order valence-electron chi connectivity index (χ4n) is 3.90. The predicted molar refractivity (Wildman–Crippen MR) is 116 cm³/mol. The van der Waals surface area contributed by atoms with Gasteiger partial charge in [0, 0.05) is 41.8 Å². The van der Waals surface area contributed by atoms with E-state index < -0.39 is 0 Å². The highest BCUT2D eigenvalue weighted by Gasteiger charge is 2.21. The number of aryl methyl sites for hydroxylation is 3. The van der Waals surface area contributed by atoms with Crippen molar-refractivity contribution in [2.24, 2.45) is 0 Å². The van der Waals surface area contributed by atoms with Crippen molar-refractivity contribution in [1.29, 1.82) is 0 Å². The molecule has 1 aromatic carbocycles. The van der Waals surface area contributed by atoms with Crippen molar-refractivity contribution in [2.75, 3.05) is 13.2 Å². The van der Waals surface area contributed by atoms with Gasteiger partial charge in [-0.25, -0.2) is 9.37 Å². The maximum Gasteiger partial charge on any atom is 0.130 e. The number of rotatable bonds is 5. The van der Waals surface area contributed by atoms with Crippen LogP contribution in [0.25, 0.3) is 10.2 Å². The Hall–Kier alpha value is -2.47. The molecule has 0 saturated carbocycles. The smallest absolute Gasteiger partial charge is 0.130 e. The Kier molecular flexibility index (Phi) is 5.54. The normalized spacial score (nSPS) is 15.5. The number of hydrogen-bond acceptors (Lipinski definition) is 5. The van der Waals surface area contributed by atoms with Crippen molar-refractivity contribution in [3.8, 4) is 5.75 Å². The van der Waals surface area contributed by atoms with Gasteiger partial charge in [0.05, 0.1) is 21.3 Å². The zero-order valence-corrected chi connectivity index (χ0v) is 18.1. The molecule has 1 aliphatic heterocycles. The molecule has 2 aromatic heterocycles. The first kappa shape index (κ1) is 19.8. The van der Waals surface area contributed by atoms with E-state index in [9.17, 15) is 4.39 Å². The van der Waals surface area contributed by atoms with Gasteiger partial charge in [-0.05, 0) is 58.2 Å². The molecule has 0 bridgehead atoms. The van der Waals surface area contributed by atoms with Crippen LogP contribution in [0.2, 0.25) is 0 Å². The van der Waals surface area contributed by atoms with Crippen molar-refractivity contribution in [2.45, 2.75) is 46.6 Å². The molecular weight excluding hydrogens is 385 g/mol. The van der Waals surface area contributed by atoms with Gasteiger partial charge in [-0.1, -0.05) is 0 Å². The minimum atomic E-state index is -0.159. The first-order valence-electron chi connectivity index (χ1n) is 9.99. The predicted octanol–water partition coefficient (Wildman–Crippen LogP) is 5.88.